The van der Waals surface area contributed by atoms with Gasteiger partial charge >= 0.3 is 0 Å². The number of pyridine rings is 1. The Hall–Kier alpha value is -0.930. The van der Waals surface area contributed by atoms with Crippen molar-refractivity contribution in [3.05, 3.63) is 30.1 Å². The van der Waals surface area contributed by atoms with Gasteiger partial charge in [0.1, 0.15) is 0 Å². The second-order valence-corrected chi connectivity index (χ2v) is 3.20. The molecular weight excluding hydrogens is 152 g/mol. The molecule has 0 amide bonds. The molecule has 1 unspecified atom stereocenters. The standard InChI is InChI=1S/C9H12N2O/c10-9(3-5-12-7-9)8-2-1-4-11-6-8/h1-2,4,6H,3,5,7,10H2. The molecule has 0 aromatic carbocycles. The third-order valence-electron chi connectivity index (χ3n) is 2.29. The highest BCUT2D eigenvalue weighted by Gasteiger charge is 2.32. The monoisotopic (exact) mass is 164 g/mol. The van der Waals surface area contributed by atoms with Gasteiger partial charge in [-0.25, -0.2) is 0 Å². The first kappa shape index (κ1) is 7.71. The average molecular weight is 164 g/mol. The van der Waals surface area contributed by atoms with Crippen LogP contribution in [0.25, 0.3) is 0 Å². The fourth-order valence-corrected chi connectivity index (χ4v) is 1.47. The predicted molar refractivity (Wildman–Crippen MR) is 45.5 cm³/mol. The molecular formula is C9H12N2O. The first-order chi connectivity index (χ1) is 5.81. The van der Waals surface area contributed by atoms with Crippen LogP contribution in [-0.4, -0.2) is 18.2 Å². The van der Waals surface area contributed by atoms with Gasteiger partial charge in [0.25, 0.3) is 0 Å². The van der Waals surface area contributed by atoms with E-state index in [1.807, 2.05) is 18.3 Å². The molecule has 12 heavy (non-hydrogen) atoms. The minimum absolute atomic E-state index is 0.297. The van der Waals surface area contributed by atoms with Crippen LogP contribution in [0.1, 0.15) is 12.0 Å². The van der Waals surface area contributed by atoms with Crippen LogP contribution in [0.3, 0.4) is 0 Å². The van der Waals surface area contributed by atoms with Crippen molar-refractivity contribution in [2.75, 3.05) is 13.2 Å². The molecule has 1 atom stereocenters. The number of nitrogens with two attached hydrogens (primary N) is 1. The van der Waals surface area contributed by atoms with Crippen LogP contribution < -0.4 is 5.73 Å². The molecule has 0 spiro atoms. The van der Waals surface area contributed by atoms with E-state index in [0.29, 0.717) is 6.61 Å². The van der Waals surface area contributed by atoms with E-state index in [-0.39, 0.29) is 5.54 Å². The van der Waals surface area contributed by atoms with Crippen molar-refractivity contribution >= 4 is 0 Å². The van der Waals surface area contributed by atoms with Crippen LogP contribution in [0.15, 0.2) is 24.5 Å². The lowest BCUT2D eigenvalue weighted by atomic mass is 9.92. The molecule has 2 rings (SSSR count). The molecule has 1 aliphatic rings. The lowest BCUT2D eigenvalue weighted by molar-refractivity contribution is 0.178. The maximum Gasteiger partial charge on any atom is 0.0689 e. The van der Waals surface area contributed by atoms with Crippen molar-refractivity contribution < 1.29 is 4.74 Å². The summed E-state index contributed by atoms with van der Waals surface area (Å²) in [4.78, 5) is 4.04. The molecule has 0 saturated carbocycles. The molecule has 2 N–H and O–H groups in total. The molecule has 3 nitrogen and oxygen atoms in total. The summed E-state index contributed by atoms with van der Waals surface area (Å²) >= 11 is 0. The van der Waals surface area contributed by atoms with Gasteiger partial charge in [0.05, 0.1) is 12.1 Å². The van der Waals surface area contributed by atoms with E-state index in [4.69, 9.17) is 10.5 Å². The van der Waals surface area contributed by atoms with Gasteiger partial charge < -0.3 is 10.5 Å². The van der Waals surface area contributed by atoms with Crippen molar-refractivity contribution in [3.8, 4) is 0 Å². The Morgan fingerprint density at radius 1 is 1.58 bits per heavy atom. The molecule has 1 saturated heterocycles. The van der Waals surface area contributed by atoms with Gasteiger partial charge in [0, 0.05) is 19.0 Å². The predicted octanol–water partition coefficient (Wildman–Crippen LogP) is 0.656. The first-order valence-electron chi connectivity index (χ1n) is 4.08. The van der Waals surface area contributed by atoms with Crippen LogP contribution in [0.4, 0.5) is 0 Å². The number of aromatic nitrogens is 1. The third-order valence-corrected chi connectivity index (χ3v) is 2.29. The van der Waals surface area contributed by atoms with Crippen LogP contribution in [0, 0.1) is 0 Å². The average Bonchev–Trinajstić information content (AvgIpc) is 2.55. The molecule has 1 fully saturated rings. The number of rotatable bonds is 1. The van der Waals surface area contributed by atoms with E-state index >= 15 is 0 Å². The fourth-order valence-electron chi connectivity index (χ4n) is 1.47. The molecule has 1 aromatic heterocycles. The van der Waals surface area contributed by atoms with Crippen LogP contribution >= 0.6 is 0 Å². The van der Waals surface area contributed by atoms with Gasteiger partial charge in [-0.3, -0.25) is 4.98 Å². The Morgan fingerprint density at radius 2 is 2.50 bits per heavy atom. The molecule has 0 radical (unpaired) electrons. The highest BCUT2D eigenvalue weighted by Crippen LogP contribution is 2.26. The number of nitrogens with zero attached hydrogens (tertiary/aromatic N) is 1. The Kier molecular flexibility index (Phi) is 1.83. The van der Waals surface area contributed by atoms with E-state index in [1.54, 1.807) is 6.20 Å². The summed E-state index contributed by atoms with van der Waals surface area (Å²) in [5.41, 5.74) is 6.89. The number of hydrogen-bond donors (Lipinski definition) is 1. The minimum atomic E-state index is -0.297. The Balaban J connectivity index is 2.29. The molecule has 0 bridgehead atoms. The second-order valence-electron chi connectivity index (χ2n) is 3.20. The lowest BCUT2D eigenvalue weighted by Crippen LogP contribution is -2.36. The second kappa shape index (κ2) is 2.84. The topological polar surface area (TPSA) is 48.1 Å². The summed E-state index contributed by atoms with van der Waals surface area (Å²) in [5.74, 6) is 0. The lowest BCUT2D eigenvalue weighted by Gasteiger charge is -2.21. The summed E-state index contributed by atoms with van der Waals surface area (Å²) in [6.45, 7) is 1.37. The van der Waals surface area contributed by atoms with Crippen LogP contribution in [-0.2, 0) is 10.3 Å². The zero-order valence-electron chi connectivity index (χ0n) is 6.86. The van der Waals surface area contributed by atoms with Crippen LogP contribution in [0.2, 0.25) is 0 Å². The van der Waals surface area contributed by atoms with Gasteiger partial charge in [-0.15, -0.1) is 0 Å². The van der Waals surface area contributed by atoms with E-state index in [1.165, 1.54) is 0 Å². The van der Waals surface area contributed by atoms with Crippen molar-refractivity contribution in [1.29, 1.82) is 0 Å². The SMILES string of the molecule is NC1(c2cccnc2)CCOC1. The van der Waals surface area contributed by atoms with Crippen molar-refractivity contribution in [3.63, 3.8) is 0 Å². The van der Waals surface area contributed by atoms with Crippen molar-refractivity contribution in [2.45, 2.75) is 12.0 Å². The van der Waals surface area contributed by atoms with Crippen molar-refractivity contribution in [2.24, 2.45) is 5.73 Å². The molecule has 3 heteroatoms. The highest BCUT2D eigenvalue weighted by molar-refractivity contribution is 5.21. The summed E-state index contributed by atoms with van der Waals surface area (Å²) in [5, 5.41) is 0. The summed E-state index contributed by atoms with van der Waals surface area (Å²) in [6.07, 6.45) is 4.45. The number of hydrogen-bond acceptors (Lipinski definition) is 3. The first-order valence-corrected chi connectivity index (χ1v) is 4.08. The number of ether oxygens (including phenoxy) is 1. The van der Waals surface area contributed by atoms with Gasteiger partial charge in [0.2, 0.25) is 0 Å². The maximum absolute atomic E-state index is 6.12. The molecule has 2 heterocycles. The summed E-state index contributed by atoms with van der Waals surface area (Å²) in [7, 11) is 0. The van der Waals surface area contributed by atoms with Gasteiger partial charge in [-0.2, -0.15) is 0 Å². The quantitative estimate of drug-likeness (QED) is 0.663. The minimum Gasteiger partial charge on any atom is -0.379 e. The van der Waals surface area contributed by atoms with E-state index in [2.05, 4.69) is 4.98 Å². The summed E-state index contributed by atoms with van der Waals surface area (Å²) in [6, 6.07) is 3.91. The largest absolute Gasteiger partial charge is 0.379 e. The molecule has 64 valence electrons. The van der Waals surface area contributed by atoms with Gasteiger partial charge in [-0.05, 0) is 18.1 Å². The Bertz CT molecular complexity index is 254. The van der Waals surface area contributed by atoms with Gasteiger partial charge in [-0.1, -0.05) is 6.07 Å². The third kappa shape index (κ3) is 1.21. The molecule has 1 aromatic rings. The highest BCUT2D eigenvalue weighted by atomic mass is 16.5. The summed E-state index contributed by atoms with van der Waals surface area (Å²) < 4.78 is 5.26. The normalized spacial score (nSPS) is 29.1. The zero-order chi connectivity index (χ0) is 8.44. The molecule has 0 aliphatic carbocycles. The molecule has 1 aliphatic heterocycles. The fraction of sp³-hybridized carbons (Fsp3) is 0.444. The van der Waals surface area contributed by atoms with Gasteiger partial charge in [0.15, 0.2) is 0 Å². The zero-order valence-corrected chi connectivity index (χ0v) is 6.86. The Labute approximate surface area is 71.6 Å². The van der Waals surface area contributed by atoms with Crippen LogP contribution in [0.5, 0.6) is 0 Å². The van der Waals surface area contributed by atoms with E-state index in [0.717, 1.165) is 18.6 Å². The maximum atomic E-state index is 6.12. The van der Waals surface area contributed by atoms with Crippen molar-refractivity contribution in [1.82, 2.24) is 4.98 Å². The Morgan fingerprint density at radius 3 is 3.08 bits per heavy atom. The smallest absolute Gasteiger partial charge is 0.0689 e. The van der Waals surface area contributed by atoms with E-state index < -0.39 is 0 Å². The van der Waals surface area contributed by atoms with E-state index in [9.17, 15) is 0 Å².